The SMILES string of the molecule is C=C(C)C.C=C/C=C(\C=C)CCCN(C=C)C1CCC2(C1)CN(CC1CCOCC1)C(=O)N2C(C)C.NC=O. The number of carbonyl (C=O) groups excluding carboxylic acids is 2. The molecule has 3 aliphatic rings. The summed E-state index contributed by atoms with van der Waals surface area (Å²) in [6, 6.07) is 0.903. The fraction of sp³-hybridized carbons (Fsp3) is 0.625. The van der Waals surface area contributed by atoms with Crippen molar-refractivity contribution in [2.24, 2.45) is 11.7 Å². The molecule has 7 nitrogen and oxygen atoms in total. The van der Waals surface area contributed by atoms with Crippen molar-refractivity contribution in [2.45, 2.75) is 90.3 Å². The first-order valence-corrected chi connectivity index (χ1v) is 14.3. The van der Waals surface area contributed by atoms with E-state index in [4.69, 9.17) is 9.53 Å². The second-order valence-corrected chi connectivity index (χ2v) is 11.4. The molecule has 2 aliphatic heterocycles. The molecule has 0 bridgehead atoms. The number of amides is 3. The number of allylic oxidation sites excluding steroid dienone is 5. The van der Waals surface area contributed by atoms with Gasteiger partial charge < -0.3 is 25.2 Å². The highest BCUT2D eigenvalue weighted by atomic mass is 16.5. The maximum absolute atomic E-state index is 13.4. The van der Waals surface area contributed by atoms with Gasteiger partial charge in [0.25, 0.3) is 0 Å². The van der Waals surface area contributed by atoms with Gasteiger partial charge in [0.05, 0.1) is 5.54 Å². The highest BCUT2D eigenvalue weighted by molar-refractivity contribution is 5.78. The zero-order valence-electron chi connectivity index (χ0n) is 25.1. The molecule has 0 aromatic rings. The molecule has 1 spiro atoms. The van der Waals surface area contributed by atoms with Gasteiger partial charge in [-0.05, 0) is 90.3 Å². The molecule has 0 radical (unpaired) electrons. The third kappa shape index (κ3) is 10.7. The van der Waals surface area contributed by atoms with Gasteiger partial charge >= 0.3 is 6.03 Å². The molecule has 2 heterocycles. The van der Waals surface area contributed by atoms with Crippen molar-refractivity contribution in [3.63, 3.8) is 0 Å². The van der Waals surface area contributed by atoms with Gasteiger partial charge in [-0.25, -0.2) is 4.79 Å². The number of rotatable bonds is 11. The predicted molar refractivity (Wildman–Crippen MR) is 163 cm³/mol. The number of urea groups is 1. The Balaban J connectivity index is 0.000000975. The van der Waals surface area contributed by atoms with Crippen LogP contribution in [-0.2, 0) is 9.53 Å². The lowest BCUT2D eigenvalue weighted by atomic mass is 9.94. The highest BCUT2D eigenvalue weighted by Crippen LogP contribution is 2.44. The highest BCUT2D eigenvalue weighted by Gasteiger charge is 2.54. The van der Waals surface area contributed by atoms with Gasteiger partial charge in [0.2, 0.25) is 6.41 Å². The summed E-state index contributed by atoms with van der Waals surface area (Å²) < 4.78 is 5.52. The molecule has 2 unspecified atom stereocenters. The molecule has 0 aromatic heterocycles. The largest absolute Gasteiger partial charge is 0.381 e. The maximum Gasteiger partial charge on any atom is 0.320 e. The zero-order chi connectivity index (χ0) is 29.4. The van der Waals surface area contributed by atoms with E-state index in [9.17, 15) is 4.79 Å². The first-order chi connectivity index (χ1) is 18.6. The Morgan fingerprint density at radius 2 is 1.82 bits per heavy atom. The monoisotopic (exact) mass is 542 g/mol. The Bertz CT molecular complexity index is 842. The molecule has 2 atom stereocenters. The van der Waals surface area contributed by atoms with E-state index in [1.54, 1.807) is 0 Å². The lowest BCUT2D eigenvalue weighted by Crippen LogP contribution is -2.50. The average Bonchev–Trinajstić information content (AvgIpc) is 3.41. The van der Waals surface area contributed by atoms with Crippen molar-refractivity contribution in [3.05, 3.63) is 61.9 Å². The minimum Gasteiger partial charge on any atom is -0.381 e. The summed E-state index contributed by atoms with van der Waals surface area (Å²) in [7, 11) is 0. The fourth-order valence-corrected chi connectivity index (χ4v) is 6.02. The van der Waals surface area contributed by atoms with E-state index in [2.05, 4.69) is 60.6 Å². The van der Waals surface area contributed by atoms with Gasteiger partial charge in [0.15, 0.2) is 0 Å². The summed E-state index contributed by atoms with van der Waals surface area (Å²) in [4.78, 5) is 28.8. The predicted octanol–water partition coefficient (Wildman–Crippen LogP) is 6.06. The molecule has 3 amide bonds. The van der Waals surface area contributed by atoms with Crippen LogP contribution >= 0.6 is 0 Å². The number of nitrogens with two attached hydrogens (primary N) is 1. The van der Waals surface area contributed by atoms with Crippen LogP contribution in [0.4, 0.5) is 4.79 Å². The zero-order valence-corrected chi connectivity index (χ0v) is 25.1. The van der Waals surface area contributed by atoms with Crippen LogP contribution in [0.2, 0.25) is 0 Å². The molecule has 1 aliphatic carbocycles. The van der Waals surface area contributed by atoms with Crippen molar-refractivity contribution in [3.8, 4) is 0 Å². The maximum atomic E-state index is 13.4. The van der Waals surface area contributed by atoms with Gasteiger partial charge in [-0.15, -0.1) is 6.58 Å². The number of hydrogen-bond acceptors (Lipinski definition) is 4. The molecule has 3 rings (SSSR count). The third-order valence-corrected chi connectivity index (χ3v) is 7.55. The van der Waals surface area contributed by atoms with Gasteiger partial charge in [-0.3, -0.25) is 4.79 Å². The van der Waals surface area contributed by atoms with Crippen LogP contribution in [0.5, 0.6) is 0 Å². The number of carbonyl (C=O) groups is 2. The molecular formula is C32H54N4O3. The van der Waals surface area contributed by atoms with Crippen molar-refractivity contribution < 1.29 is 14.3 Å². The summed E-state index contributed by atoms with van der Waals surface area (Å²) in [5.41, 5.74) is 6.51. The molecule has 220 valence electrons. The average molecular weight is 543 g/mol. The Labute approximate surface area is 238 Å². The van der Waals surface area contributed by atoms with E-state index in [0.717, 1.165) is 77.8 Å². The molecule has 1 saturated carbocycles. The Morgan fingerprint density at radius 3 is 2.33 bits per heavy atom. The van der Waals surface area contributed by atoms with E-state index in [1.807, 2.05) is 38.3 Å². The van der Waals surface area contributed by atoms with Crippen LogP contribution in [0.15, 0.2) is 61.9 Å². The summed E-state index contributed by atoms with van der Waals surface area (Å²) in [6.07, 6.45) is 15.4. The van der Waals surface area contributed by atoms with Gasteiger partial charge in [0, 0.05) is 44.9 Å². The number of nitrogens with zero attached hydrogens (tertiary/aromatic N) is 3. The smallest absolute Gasteiger partial charge is 0.320 e. The Morgan fingerprint density at radius 1 is 1.21 bits per heavy atom. The summed E-state index contributed by atoms with van der Waals surface area (Å²) in [6.45, 7) is 28.0. The van der Waals surface area contributed by atoms with Crippen LogP contribution < -0.4 is 5.73 Å². The minimum atomic E-state index is -0.0443. The second kappa shape index (κ2) is 17.7. The molecule has 3 fully saturated rings. The number of ether oxygens (including phenoxy) is 1. The van der Waals surface area contributed by atoms with E-state index in [-0.39, 0.29) is 24.0 Å². The van der Waals surface area contributed by atoms with E-state index < -0.39 is 0 Å². The van der Waals surface area contributed by atoms with Crippen molar-refractivity contribution >= 4 is 12.4 Å². The second-order valence-electron chi connectivity index (χ2n) is 11.4. The van der Waals surface area contributed by atoms with Crippen LogP contribution in [0.1, 0.15) is 72.6 Å². The lowest BCUT2D eigenvalue weighted by Gasteiger charge is -2.37. The summed E-state index contributed by atoms with van der Waals surface area (Å²) >= 11 is 0. The van der Waals surface area contributed by atoms with Gasteiger partial charge in [-0.2, -0.15) is 0 Å². The van der Waals surface area contributed by atoms with Crippen molar-refractivity contribution in [1.29, 1.82) is 0 Å². The van der Waals surface area contributed by atoms with Crippen LogP contribution in [-0.4, -0.2) is 77.6 Å². The van der Waals surface area contributed by atoms with Crippen LogP contribution in [0.3, 0.4) is 0 Å². The minimum absolute atomic E-state index is 0.0443. The Kier molecular flexibility index (Phi) is 15.6. The topological polar surface area (TPSA) is 79.1 Å². The van der Waals surface area contributed by atoms with Crippen molar-refractivity contribution in [1.82, 2.24) is 14.7 Å². The van der Waals surface area contributed by atoms with Crippen molar-refractivity contribution in [2.75, 3.05) is 32.8 Å². The van der Waals surface area contributed by atoms with Gasteiger partial charge in [0.1, 0.15) is 0 Å². The van der Waals surface area contributed by atoms with Crippen LogP contribution in [0, 0.1) is 5.92 Å². The first-order valence-electron chi connectivity index (χ1n) is 14.3. The normalized spacial score (nSPS) is 23.1. The molecule has 0 aromatic carbocycles. The molecular weight excluding hydrogens is 488 g/mol. The van der Waals surface area contributed by atoms with Crippen LogP contribution in [0.25, 0.3) is 0 Å². The third-order valence-electron chi connectivity index (χ3n) is 7.55. The van der Waals surface area contributed by atoms with E-state index >= 15 is 0 Å². The number of hydrogen-bond donors (Lipinski definition) is 1. The van der Waals surface area contributed by atoms with Gasteiger partial charge in [-0.1, -0.05) is 43.5 Å². The standard InChI is InChI=1S/C27H43N3O2.C4H8.CH3NO/c1-6-10-23(7-2)11-9-16-28(8-3)25-12-15-27(19-25)21-29(26(31)30(27)22(4)5)20-24-13-17-32-18-14-24;1-4(2)3;2-1-3/h6-8,10,22,24-25H,1-3,9,11-21H2,4-5H3;1H2,2-3H3;1H,(H2,2,3)/b23-10+;;. The molecule has 39 heavy (non-hydrogen) atoms. The number of primary amides is 1. The van der Waals surface area contributed by atoms with E-state index in [0.29, 0.717) is 12.0 Å². The first kappa shape index (κ1) is 34.2. The molecule has 2 N–H and O–H groups in total. The summed E-state index contributed by atoms with van der Waals surface area (Å²) in [5, 5.41) is 0. The fourth-order valence-electron chi connectivity index (χ4n) is 6.02. The Hall–Kier alpha value is -2.80. The quantitative estimate of drug-likeness (QED) is 0.196. The summed E-state index contributed by atoms with van der Waals surface area (Å²) in [5.74, 6) is 0.571. The molecule has 2 saturated heterocycles. The van der Waals surface area contributed by atoms with E-state index in [1.165, 1.54) is 11.1 Å². The molecule has 7 heteroatoms. The lowest BCUT2D eigenvalue weighted by molar-refractivity contribution is -0.106.